The molecule has 1 rings (SSSR count). The number of hydrogen-bond acceptors (Lipinski definition) is 2. The van der Waals surface area contributed by atoms with Crippen molar-refractivity contribution in [2.24, 2.45) is 0 Å². The van der Waals surface area contributed by atoms with E-state index in [-0.39, 0.29) is 5.69 Å². The Morgan fingerprint density at radius 1 is 1.18 bits per heavy atom. The summed E-state index contributed by atoms with van der Waals surface area (Å²) in [4.78, 5) is 10.6. The molecule has 1 aromatic rings. The van der Waals surface area contributed by atoms with Crippen molar-refractivity contribution in [2.45, 2.75) is 25.6 Å². The largest absolute Gasteiger partial charge is 0.471 e. The Balaban J connectivity index is 2.80. The van der Waals surface area contributed by atoms with Gasteiger partial charge in [0.1, 0.15) is 0 Å². The second-order valence-electron chi connectivity index (χ2n) is 4.09. The van der Waals surface area contributed by atoms with Crippen molar-refractivity contribution in [1.29, 1.82) is 0 Å². The molecule has 0 atom stereocenters. The van der Waals surface area contributed by atoms with Gasteiger partial charge < -0.3 is 10.4 Å². The number of halogens is 3. The molecular formula is C11H12F3NO2. The van der Waals surface area contributed by atoms with Crippen molar-refractivity contribution in [2.75, 3.05) is 5.32 Å². The van der Waals surface area contributed by atoms with Gasteiger partial charge in [-0.25, -0.2) is 0 Å². The van der Waals surface area contributed by atoms with Crippen molar-refractivity contribution >= 4 is 11.6 Å². The second-order valence-corrected chi connectivity index (χ2v) is 4.09. The van der Waals surface area contributed by atoms with Gasteiger partial charge in [0, 0.05) is 5.69 Å². The molecule has 0 saturated heterocycles. The highest BCUT2D eigenvalue weighted by Crippen LogP contribution is 2.22. The number of aliphatic hydroxyl groups is 1. The maximum atomic E-state index is 12.0. The quantitative estimate of drug-likeness (QED) is 0.843. The predicted octanol–water partition coefficient (Wildman–Crippen LogP) is 2.41. The molecule has 1 amide bonds. The smallest absolute Gasteiger partial charge is 0.386 e. The topological polar surface area (TPSA) is 49.3 Å². The molecule has 0 aliphatic rings. The van der Waals surface area contributed by atoms with Crippen LogP contribution in [-0.2, 0) is 10.4 Å². The van der Waals surface area contributed by atoms with Gasteiger partial charge in [-0.3, -0.25) is 4.79 Å². The van der Waals surface area contributed by atoms with Gasteiger partial charge >= 0.3 is 12.1 Å². The lowest BCUT2D eigenvalue weighted by Crippen LogP contribution is -2.29. The molecule has 0 radical (unpaired) electrons. The summed E-state index contributed by atoms with van der Waals surface area (Å²) < 4.78 is 35.9. The van der Waals surface area contributed by atoms with Gasteiger partial charge in [-0.05, 0) is 31.5 Å². The second kappa shape index (κ2) is 4.37. The van der Waals surface area contributed by atoms with Gasteiger partial charge in [0.25, 0.3) is 0 Å². The van der Waals surface area contributed by atoms with E-state index in [4.69, 9.17) is 0 Å². The summed E-state index contributed by atoms with van der Waals surface area (Å²) in [5.74, 6) is -2.02. The normalized spacial score (nSPS) is 12.4. The van der Waals surface area contributed by atoms with E-state index in [9.17, 15) is 23.1 Å². The van der Waals surface area contributed by atoms with Gasteiger partial charge in [0.15, 0.2) is 0 Å². The monoisotopic (exact) mass is 247 g/mol. The zero-order valence-corrected chi connectivity index (χ0v) is 9.30. The van der Waals surface area contributed by atoms with Gasteiger partial charge in [0.2, 0.25) is 0 Å². The van der Waals surface area contributed by atoms with Gasteiger partial charge in [-0.2, -0.15) is 13.2 Å². The van der Waals surface area contributed by atoms with Gasteiger partial charge in [-0.15, -0.1) is 0 Å². The lowest BCUT2D eigenvalue weighted by Gasteiger charge is -2.18. The minimum Gasteiger partial charge on any atom is -0.386 e. The zero-order chi connectivity index (χ0) is 13.3. The van der Waals surface area contributed by atoms with Crippen LogP contribution in [0.1, 0.15) is 19.4 Å². The first kappa shape index (κ1) is 13.5. The molecule has 0 spiro atoms. The van der Waals surface area contributed by atoms with E-state index in [0.29, 0.717) is 5.56 Å². The first-order valence-corrected chi connectivity index (χ1v) is 4.82. The molecule has 0 unspecified atom stereocenters. The summed E-state index contributed by atoms with van der Waals surface area (Å²) in [5.41, 5.74) is -0.505. The van der Waals surface area contributed by atoms with Crippen LogP contribution in [-0.4, -0.2) is 17.2 Å². The average molecular weight is 247 g/mol. The van der Waals surface area contributed by atoms with E-state index in [1.54, 1.807) is 19.2 Å². The molecule has 0 saturated carbocycles. The van der Waals surface area contributed by atoms with Crippen molar-refractivity contribution in [3.8, 4) is 0 Å². The summed E-state index contributed by atoms with van der Waals surface area (Å²) >= 11 is 0. The highest BCUT2D eigenvalue weighted by molar-refractivity contribution is 5.94. The number of carbonyl (C=O) groups excluding carboxylic acids is 1. The maximum Gasteiger partial charge on any atom is 0.471 e. The predicted molar refractivity (Wildman–Crippen MR) is 56.4 cm³/mol. The number of rotatable bonds is 2. The molecule has 0 bridgehead atoms. The molecule has 2 N–H and O–H groups in total. The number of amides is 1. The zero-order valence-electron chi connectivity index (χ0n) is 9.30. The van der Waals surface area contributed by atoms with Gasteiger partial charge in [0.05, 0.1) is 5.60 Å². The number of carbonyl (C=O) groups is 1. The Hall–Kier alpha value is -1.56. The summed E-state index contributed by atoms with van der Waals surface area (Å²) in [6, 6.07) is 5.51. The molecule has 0 fully saturated rings. The molecule has 6 heteroatoms. The third-order valence-electron chi connectivity index (χ3n) is 2.11. The maximum absolute atomic E-state index is 12.0. The minimum atomic E-state index is -4.91. The van der Waals surface area contributed by atoms with Crippen LogP contribution in [0, 0.1) is 0 Å². The van der Waals surface area contributed by atoms with E-state index in [1.165, 1.54) is 24.3 Å². The molecule has 94 valence electrons. The van der Waals surface area contributed by atoms with Crippen LogP contribution in [0.15, 0.2) is 24.3 Å². The highest BCUT2D eigenvalue weighted by atomic mass is 19.4. The van der Waals surface area contributed by atoms with Crippen molar-refractivity contribution in [3.63, 3.8) is 0 Å². The molecule has 1 aromatic carbocycles. The molecular weight excluding hydrogens is 235 g/mol. The number of nitrogens with one attached hydrogen (secondary N) is 1. The Morgan fingerprint density at radius 3 is 2.00 bits per heavy atom. The van der Waals surface area contributed by atoms with E-state index >= 15 is 0 Å². The fourth-order valence-electron chi connectivity index (χ4n) is 1.16. The number of anilines is 1. The molecule has 0 aromatic heterocycles. The van der Waals surface area contributed by atoms with Crippen LogP contribution in [0.3, 0.4) is 0 Å². The Kier molecular flexibility index (Phi) is 3.47. The van der Waals surface area contributed by atoms with Crippen LogP contribution in [0.2, 0.25) is 0 Å². The first-order chi connectivity index (χ1) is 7.60. The molecule has 17 heavy (non-hydrogen) atoms. The number of benzene rings is 1. The molecule has 0 aliphatic carbocycles. The van der Waals surface area contributed by atoms with E-state index < -0.39 is 17.7 Å². The number of hydrogen-bond donors (Lipinski definition) is 2. The summed E-state index contributed by atoms with van der Waals surface area (Å²) in [6.07, 6.45) is -4.91. The van der Waals surface area contributed by atoms with Crippen LogP contribution in [0.25, 0.3) is 0 Å². The lowest BCUT2D eigenvalue weighted by atomic mass is 9.98. The average Bonchev–Trinajstić information content (AvgIpc) is 2.15. The third-order valence-corrected chi connectivity index (χ3v) is 2.11. The molecule has 0 heterocycles. The van der Waals surface area contributed by atoms with Crippen LogP contribution >= 0.6 is 0 Å². The van der Waals surface area contributed by atoms with Crippen molar-refractivity contribution in [1.82, 2.24) is 0 Å². The van der Waals surface area contributed by atoms with Gasteiger partial charge in [-0.1, -0.05) is 12.1 Å². The SMILES string of the molecule is CC(C)(O)c1ccc(NC(=O)C(F)(F)F)cc1. The third kappa shape index (κ3) is 3.74. The fourth-order valence-corrected chi connectivity index (χ4v) is 1.16. The number of alkyl halides is 3. The Labute approximate surface area is 96.3 Å². The fraction of sp³-hybridized carbons (Fsp3) is 0.364. The Morgan fingerprint density at radius 2 is 1.65 bits per heavy atom. The van der Waals surface area contributed by atoms with Crippen LogP contribution < -0.4 is 5.32 Å². The van der Waals surface area contributed by atoms with Crippen molar-refractivity contribution < 1.29 is 23.1 Å². The lowest BCUT2D eigenvalue weighted by molar-refractivity contribution is -0.167. The molecule has 0 aliphatic heterocycles. The van der Waals surface area contributed by atoms with Crippen LogP contribution in [0.5, 0.6) is 0 Å². The summed E-state index contributed by atoms with van der Waals surface area (Å²) in [6.45, 7) is 3.10. The van der Waals surface area contributed by atoms with E-state index in [2.05, 4.69) is 0 Å². The molecule has 3 nitrogen and oxygen atoms in total. The first-order valence-electron chi connectivity index (χ1n) is 4.82. The Bertz CT molecular complexity index is 404. The minimum absolute atomic E-state index is 0.0281. The van der Waals surface area contributed by atoms with E-state index in [0.717, 1.165) is 0 Å². The standard InChI is InChI=1S/C11H12F3NO2/c1-10(2,17)7-3-5-8(6-4-7)15-9(16)11(12,13)14/h3-6,17H,1-2H3,(H,15,16). The van der Waals surface area contributed by atoms with E-state index in [1.807, 2.05) is 0 Å². The van der Waals surface area contributed by atoms with Crippen LogP contribution in [0.4, 0.5) is 18.9 Å². The highest BCUT2D eigenvalue weighted by Gasteiger charge is 2.38. The summed E-state index contributed by atoms with van der Waals surface area (Å²) in [7, 11) is 0. The van der Waals surface area contributed by atoms with Crippen molar-refractivity contribution in [3.05, 3.63) is 29.8 Å². The summed E-state index contributed by atoms with van der Waals surface area (Å²) in [5, 5.41) is 11.3.